The summed E-state index contributed by atoms with van der Waals surface area (Å²) < 4.78 is 0. The molecule has 1 unspecified atom stereocenters. The van der Waals surface area contributed by atoms with Crippen molar-refractivity contribution in [2.45, 2.75) is 25.4 Å². The van der Waals surface area contributed by atoms with E-state index in [-0.39, 0.29) is 6.10 Å². The number of piperidine rings is 2. The maximum Gasteiger partial charge on any atom is 0.0670 e. The highest BCUT2D eigenvalue weighted by atomic mass is 16.3. The summed E-state index contributed by atoms with van der Waals surface area (Å²) in [5, 5.41) is 16.2. The Kier molecular flexibility index (Phi) is 2.35. The van der Waals surface area contributed by atoms with Gasteiger partial charge in [-0.05, 0) is 37.8 Å². The van der Waals surface area contributed by atoms with Crippen LogP contribution in [-0.4, -0.2) is 37.4 Å². The van der Waals surface area contributed by atoms with E-state index in [0.29, 0.717) is 5.41 Å². The van der Waals surface area contributed by atoms with Crippen LogP contribution in [0.3, 0.4) is 0 Å². The zero-order valence-corrected chi connectivity index (χ0v) is 7.47. The Morgan fingerprint density at radius 3 is 2.58 bits per heavy atom. The topological polar surface area (TPSA) is 44.3 Å². The van der Waals surface area contributed by atoms with Gasteiger partial charge in [-0.1, -0.05) is 0 Å². The molecule has 0 amide bonds. The van der Waals surface area contributed by atoms with Crippen LogP contribution in [0.1, 0.15) is 19.3 Å². The maximum atomic E-state index is 9.54. The summed E-state index contributed by atoms with van der Waals surface area (Å²) in [4.78, 5) is 0. The van der Waals surface area contributed by atoms with Crippen molar-refractivity contribution in [3.05, 3.63) is 0 Å². The van der Waals surface area contributed by atoms with Crippen LogP contribution in [0.4, 0.5) is 0 Å². The van der Waals surface area contributed by atoms with Gasteiger partial charge in [0.15, 0.2) is 0 Å². The van der Waals surface area contributed by atoms with E-state index < -0.39 is 0 Å². The Morgan fingerprint density at radius 1 is 1.17 bits per heavy atom. The quantitative estimate of drug-likeness (QED) is 0.468. The Hall–Kier alpha value is -0.120. The van der Waals surface area contributed by atoms with Crippen molar-refractivity contribution in [3.63, 3.8) is 0 Å². The standard InChI is InChI=1S/C9H18N2O/c12-8-5-9(7-11-6-8)1-3-10-4-2-9/h8,10-12H,1-7H2. The molecule has 2 fully saturated rings. The highest BCUT2D eigenvalue weighted by molar-refractivity contribution is 4.92. The lowest BCUT2D eigenvalue weighted by Gasteiger charge is -2.42. The molecule has 2 aliphatic rings. The van der Waals surface area contributed by atoms with E-state index in [4.69, 9.17) is 0 Å². The molecule has 0 saturated carbocycles. The molecule has 3 N–H and O–H groups in total. The zero-order chi connectivity index (χ0) is 8.44. The summed E-state index contributed by atoms with van der Waals surface area (Å²) >= 11 is 0. The molecule has 0 aromatic rings. The van der Waals surface area contributed by atoms with Crippen LogP contribution in [0.15, 0.2) is 0 Å². The molecule has 2 saturated heterocycles. The summed E-state index contributed by atoms with van der Waals surface area (Å²) in [6, 6.07) is 0. The summed E-state index contributed by atoms with van der Waals surface area (Å²) in [5.74, 6) is 0. The number of rotatable bonds is 0. The predicted octanol–water partition coefficient (Wildman–Crippen LogP) is -0.290. The second-order valence-corrected chi connectivity index (χ2v) is 4.24. The summed E-state index contributed by atoms with van der Waals surface area (Å²) in [7, 11) is 0. The zero-order valence-electron chi connectivity index (χ0n) is 7.47. The van der Waals surface area contributed by atoms with Gasteiger partial charge in [-0.2, -0.15) is 0 Å². The van der Waals surface area contributed by atoms with Gasteiger partial charge >= 0.3 is 0 Å². The molecular formula is C9H18N2O. The lowest BCUT2D eigenvalue weighted by Crippen LogP contribution is -2.51. The maximum absolute atomic E-state index is 9.54. The molecule has 1 atom stereocenters. The second kappa shape index (κ2) is 3.32. The van der Waals surface area contributed by atoms with Crippen molar-refractivity contribution in [1.29, 1.82) is 0 Å². The summed E-state index contributed by atoms with van der Waals surface area (Å²) in [6.45, 7) is 4.13. The number of hydrogen-bond donors (Lipinski definition) is 3. The van der Waals surface area contributed by atoms with Crippen molar-refractivity contribution in [3.8, 4) is 0 Å². The first kappa shape index (κ1) is 8.48. The fourth-order valence-corrected chi connectivity index (χ4v) is 2.49. The van der Waals surface area contributed by atoms with Crippen LogP contribution in [0.5, 0.6) is 0 Å². The van der Waals surface area contributed by atoms with Gasteiger partial charge in [-0.25, -0.2) is 0 Å². The van der Waals surface area contributed by atoms with E-state index in [1.807, 2.05) is 0 Å². The van der Waals surface area contributed by atoms with Gasteiger partial charge in [-0.3, -0.25) is 0 Å². The van der Waals surface area contributed by atoms with E-state index in [1.165, 1.54) is 12.8 Å². The third-order valence-corrected chi connectivity index (χ3v) is 3.21. The van der Waals surface area contributed by atoms with Gasteiger partial charge in [-0.15, -0.1) is 0 Å². The third kappa shape index (κ3) is 1.63. The number of β-amino-alcohol motifs (C(OH)–C–C–N with tert-alkyl or cyclic N) is 1. The van der Waals surface area contributed by atoms with Crippen LogP contribution in [0, 0.1) is 5.41 Å². The first-order valence-corrected chi connectivity index (χ1v) is 4.90. The molecule has 3 nitrogen and oxygen atoms in total. The van der Waals surface area contributed by atoms with E-state index >= 15 is 0 Å². The molecule has 12 heavy (non-hydrogen) atoms. The van der Waals surface area contributed by atoms with Crippen LogP contribution in [0.25, 0.3) is 0 Å². The van der Waals surface area contributed by atoms with Gasteiger partial charge in [0.05, 0.1) is 6.10 Å². The molecule has 1 spiro atoms. The van der Waals surface area contributed by atoms with Crippen molar-refractivity contribution in [2.24, 2.45) is 5.41 Å². The number of nitrogens with one attached hydrogen (secondary N) is 2. The van der Waals surface area contributed by atoms with Crippen LogP contribution in [-0.2, 0) is 0 Å². The van der Waals surface area contributed by atoms with Crippen molar-refractivity contribution >= 4 is 0 Å². The average Bonchev–Trinajstić information content (AvgIpc) is 2.05. The van der Waals surface area contributed by atoms with Crippen LogP contribution >= 0.6 is 0 Å². The SMILES string of the molecule is OC1CNCC2(CCNCC2)C1. The average molecular weight is 170 g/mol. The second-order valence-electron chi connectivity index (χ2n) is 4.24. The van der Waals surface area contributed by atoms with E-state index in [1.54, 1.807) is 0 Å². The molecule has 3 heteroatoms. The first-order chi connectivity index (χ1) is 5.81. The minimum atomic E-state index is -0.114. The van der Waals surface area contributed by atoms with Crippen molar-refractivity contribution in [2.75, 3.05) is 26.2 Å². The highest BCUT2D eigenvalue weighted by Crippen LogP contribution is 2.35. The Labute approximate surface area is 73.5 Å². The fraction of sp³-hybridized carbons (Fsp3) is 1.00. The number of aliphatic hydroxyl groups excluding tert-OH is 1. The van der Waals surface area contributed by atoms with Crippen LogP contribution in [0.2, 0.25) is 0 Å². The lowest BCUT2D eigenvalue weighted by molar-refractivity contribution is 0.0417. The van der Waals surface area contributed by atoms with Gasteiger partial charge in [0.2, 0.25) is 0 Å². The molecule has 0 aromatic heterocycles. The molecule has 0 bridgehead atoms. The summed E-state index contributed by atoms with van der Waals surface area (Å²) in [6.07, 6.45) is 3.33. The van der Waals surface area contributed by atoms with Crippen LogP contribution < -0.4 is 10.6 Å². The third-order valence-electron chi connectivity index (χ3n) is 3.21. The highest BCUT2D eigenvalue weighted by Gasteiger charge is 2.36. The monoisotopic (exact) mass is 170 g/mol. The van der Waals surface area contributed by atoms with E-state index in [9.17, 15) is 5.11 Å². The normalized spacial score (nSPS) is 35.2. The van der Waals surface area contributed by atoms with Crippen molar-refractivity contribution in [1.82, 2.24) is 10.6 Å². The largest absolute Gasteiger partial charge is 0.392 e. The molecule has 70 valence electrons. The lowest BCUT2D eigenvalue weighted by atomic mass is 9.73. The van der Waals surface area contributed by atoms with Gasteiger partial charge in [0.25, 0.3) is 0 Å². The van der Waals surface area contributed by atoms with E-state index in [2.05, 4.69) is 10.6 Å². The molecule has 2 heterocycles. The Bertz CT molecular complexity index is 149. The Morgan fingerprint density at radius 2 is 1.92 bits per heavy atom. The first-order valence-electron chi connectivity index (χ1n) is 4.90. The van der Waals surface area contributed by atoms with E-state index in [0.717, 1.165) is 32.6 Å². The Balaban J connectivity index is 1.97. The van der Waals surface area contributed by atoms with Gasteiger partial charge in [0.1, 0.15) is 0 Å². The predicted molar refractivity (Wildman–Crippen MR) is 48.0 cm³/mol. The van der Waals surface area contributed by atoms with Gasteiger partial charge < -0.3 is 15.7 Å². The number of hydrogen-bond acceptors (Lipinski definition) is 3. The molecular weight excluding hydrogens is 152 g/mol. The smallest absolute Gasteiger partial charge is 0.0670 e. The molecule has 2 aliphatic heterocycles. The molecule has 0 aliphatic carbocycles. The molecule has 0 radical (unpaired) electrons. The molecule has 2 rings (SSSR count). The molecule has 0 aromatic carbocycles. The van der Waals surface area contributed by atoms with Gasteiger partial charge in [0, 0.05) is 13.1 Å². The number of aliphatic hydroxyl groups is 1. The fourth-order valence-electron chi connectivity index (χ4n) is 2.49. The minimum absolute atomic E-state index is 0.114. The van der Waals surface area contributed by atoms with Crippen molar-refractivity contribution < 1.29 is 5.11 Å². The minimum Gasteiger partial charge on any atom is -0.392 e. The summed E-state index contributed by atoms with van der Waals surface area (Å²) in [5.41, 5.74) is 0.406.